The van der Waals surface area contributed by atoms with Gasteiger partial charge in [0.05, 0.1) is 11.7 Å². The van der Waals surface area contributed by atoms with Crippen molar-refractivity contribution in [2.24, 2.45) is 0 Å². The zero-order chi connectivity index (χ0) is 17.8. The molecule has 0 radical (unpaired) electrons. The van der Waals surface area contributed by atoms with Gasteiger partial charge in [0.25, 0.3) is 0 Å². The standard InChI is InChI=1S/C20H20ClN5/c21-16-8-6-15(7-9-16)14-26-13-3-4-18(26)17-10-12-23-20(24-17)25-19-5-1-2-11-22-19/h1-2,5-12,18H,3-4,13-14H2,(H,22,23,24,25). The minimum atomic E-state index is 0.304. The summed E-state index contributed by atoms with van der Waals surface area (Å²) in [5.74, 6) is 1.33. The fourth-order valence-corrected chi connectivity index (χ4v) is 3.47. The van der Waals surface area contributed by atoms with E-state index in [0.717, 1.165) is 36.0 Å². The highest BCUT2D eigenvalue weighted by Gasteiger charge is 2.27. The van der Waals surface area contributed by atoms with Gasteiger partial charge in [0.2, 0.25) is 5.95 Å². The Morgan fingerprint density at radius 1 is 1.04 bits per heavy atom. The van der Waals surface area contributed by atoms with Gasteiger partial charge < -0.3 is 5.32 Å². The Balaban J connectivity index is 1.50. The highest BCUT2D eigenvalue weighted by Crippen LogP contribution is 2.32. The van der Waals surface area contributed by atoms with E-state index in [0.29, 0.717) is 12.0 Å². The van der Waals surface area contributed by atoms with E-state index in [4.69, 9.17) is 16.6 Å². The van der Waals surface area contributed by atoms with Crippen molar-refractivity contribution in [3.63, 3.8) is 0 Å². The maximum Gasteiger partial charge on any atom is 0.228 e. The molecule has 1 aromatic carbocycles. The van der Waals surface area contributed by atoms with Crippen molar-refractivity contribution in [1.82, 2.24) is 19.9 Å². The Morgan fingerprint density at radius 2 is 1.92 bits per heavy atom. The maximum atomic E-state index is 5.99. The van der Waals surface area contributed by atoms with E-state index in [1.54, 1.807) is 6.20 Å². The number of benzene rings is 1. The summed E-state index contributed by atoms with van der Waals surface area (Å²) in [4.78, 5) is 15.8. The second kappa shape index (κ2) is 7.81. The highest BCUT2D eigenvalue weighted by atomic mass is 35.5. The lowest BCUT2D eigenvalue weighted by atomic mass is 10.1. The molecule has 0 spiro atoms. The highest BCUT2D eigenvalue weighted by molar-refractivity contribution is 6.30. The Morgan fingerprint density at radius 3 is 2.73 bits per heavy atom. The molecule has 1 aliphatic heterocycles. The van der Waals surface area contributed by atoms with E-state index in [1.807, 2.05) is 42.6 Å². The van der Waals surface area contributed by atoms with Gasteiger partial charge in [-0.1, -0.05) is 29.8 Å². The van der Waals surface area contributed by atoms with Crippen LogP contribution < -0.4 is 5.32 Å². The van der Waals surface area contributed by atoms with E-state index in [-0.39, 0.29) is 0 Å². The fraction of sp³-hybridized carbons (Fsp3) is 0.250. The third-order valence-corrected chi connectivity index (χ3v) is 4.84. The first-order valence-corrected chi connectivity index (χ1v) is 9.15. The Kier molecular flexibility index (Phi) is 5.09. The van der Waals surface area contributed by atoms with Crippen molar-refractivity contribution in [3.05, 3.63) is 77.2 Å². The average Bonchev–Trinajstić information content (AvgIpc) is 3.13. The first-order valence-electron chi connectivity index (χ1n) is 8.77. The molecule has 1 aliphatic rings. The van der Waals surface area contributed by atoms with Gasteiger partial charge in [-0.2, -0.15) is 0 Å². The number of nitrogens with zero attached hydrogens (tertiary/aromatic N) is 4. The molecular formula is C20H20ClN5. The molecule has 1 atom stereocenters. The van der Waals surface area contributed by atoms with Crippen molar-refractivity contribution in [3.8, 4) is 0 Å². The zero-order valence-electron chi connectivity index (χ0n) is 14.3. The van der Waals surface area contributed by atoms with E-state index in [1.165, 1.54) is 12.0 Å². The predicted molar refractivity (Wildman–Crippen MR) is 103 cm³/mol. The SMILES string of the molecule is Clc1ccc(CN2CCCC2c2ccnc(Nc3ccccn3)n2)cc1. The van der Waals surface area contributed by atoms with Crippen LogP contribution in [0.15, 0.2) is 60.9 Å². The van der Waals surface area contributed by atoms with E-state index in [2.05, 4.69) is 32.3 Å². The van der Waals surface area contributed by atoms with Gasteiger partial charge in [-0.05, 0) is 55.3 Å². The van der Waals surface area contributed by atoms with E-state index >= 15 is 0 Å². The minimum absolute atomic E-state index is 0.304. The number of hydrogen-bond donors (Lipinski definition) is 1. The van der Waals surface area contributed by atoms with Gasteiger partial charge in [-0.3, -0.25) is 4.90 Å². The molecule has 0 aliphatic carbocycles. The molecule has 3 aromatic rings. The molecule has 3 heterocycles. The molecule has 5 nitrogen and oxygen atoms in total. The van der Waals surface area contributed by atoms with Crippen LogP contribution in [0.5, 0.6) is 0 Å². The summed E-state index contributed by atoms with van der Waals surface area (Å²) in [7, 11) is 0. The predicted octanol–water partition coefficient (Wildman–Crippen LogP) is 4.61. The molecular weight excluding hydrogens is 346 g/mol. The van der Waals surface area contributed by atoms with Crippen molar-refractivity contribution < 1.29 is 0 Å². The number of halogens is 1. The van der Waals surface area contributed by atoms with Gasteiger partial charge in [0, 0.05) is 24.0 Å². The molecule has 26 heavy (non-hydrogen) atoms. The molecule has 2 aromatic heterocycles. The monoisotopic (exact) mass is 365 g/mol. The molecule has 1 N–H and O–H groups in total. The molecule has 6 heteroatoms. The summed E-state index contributed by atoms with van der Waals surface area (Å²) >= 11 is 5.99. The molecule has 4 rings (SSSR count). The van der Waals surface area contributed by atoms with Crippen LogP contribution in [-0.4, -0.2) is 26.4 Å². The van der Waals surface area contributed by atoms with E-state index in [9.17, 15) is 0 Å². The van der Waals surface area contributed by atoms with Crippen LogP contribution in [0.2, 0.25) is 5.02 Å². The molecule has 1 unspecified atom stereocenters. The number of nitrogens with one attached hydrogen (secondary N) is 1. The van der Waals surface area contributed by atoms with Crippen LogP contribution in [0, 0.1) is 0 Å². The number of likely N-dealkylation sites (tertiary alicyclic amines) is 1. The molecule has 1 fully saturated rings. The summed E-state index contributed by atoms with van der Waals surface area (Å²) in [6.45, 7) is 1.97. The third-order valence-electron chi connectivity index (χ3n) is 4.59. The fourth-order valence-electron chi connectivity index (χ4n) is 3.34. The molecule has 0 amide bonds. The van der Waals surface area contributed by atoms with Crippen molar-refractivity contribution >= 4 is 23.4 Å². The van der Waals surface area contributed by atoms with Gasteiger partial charge in [0.1, 0.15) is 5.82 Å². The van der Waals surface area contributed by atoms with Gasteiger partial charge in [-0.15, -0.1) is 0 Å². The second-order valence-electron chi connectivity index (χ2n) is 6.40. The topological polar surface area (TPSA) is 53.9 Å². The summed E-state index contributed by atoms with van der Waals surface area (Å²) in [5.41, 5.74) is 2.31. The van der Waals surface area contributed by atoms with Crippen molar-refractivity contribution in [2.45, 2.75) is 25.4 Å². The van der Waals surface area contributed by atoms with Crippen LogP contribution in [0.4, 0.5) is 11.8 Å². The first kappa shape index (κ1) is 16.9. The van der Waals surface area contributed by atoms with Gasteiger partial charge in [-0.25, -0.2) is 15.0 Å². The number of hydrogen-bond acceptors (Lipinski definition) is 5. The summed E-state index contributed by atoms with van der Waals surface area (Å²) in [6.07, 6.45) is 5.84. The third kappa shape index (κ3) is 4.00. The number of rotatable bonds is 5. The second-order valence-corrected chi connectivity index (χ2v) is 6.84. The van der Waals surface area contributed by atoms with Gasteiger partial charge in [0.15, 0.2) is 0 Å². The maximum absolute atomic E-state index is 5.99. The van der Waals surface area contributed by atoms with E-state index < -0.39 is 0 Å². The lowest BCUT2D eigenvalue weighted by Gasteiger charge is -2.24. The number of anilines is 2. The lowest BCUT2D eigenvalue weighted by molar-refractivity contribution is 0.244. The Hall–Kier alpha value is -2.50. The smallest absolute Gasteiger partial charge is 0.228 e. The molecule has 0 bridgehead atoms. The van der Waals surface area contributed by atoms with Crippen LogP contribution in [-0.2, 0) is 6.54 Å². The minimum Gasteiger partial charge on any atom is -0.309 e. The molecule has 132 valence electrons. The summed E-state index contributed by atoms with van der Waals surface area (Å²) in [6, 6.07) is 16.1. The van der Waals surface area contributed by atoms with Crippen LogP contribution >= 0.6 is 11.6 Å². The Labute approximate surface area is 158 Å². The first-order chi connectivity index (χ1) is 12.8. The van der Waals surface area contributed by atoms with Crippen LogP contribution in [0.3, 0.4) is 0 Å². The normalized spacial score (nSPS) is 17.3. The van der Waals surface area contributed by atoms with Crippen LogP contribution in [0.25, 0.3) is 0 Å². The number of aromatic nitrogens is 3. The van der Waals surface area contributed by atoms with Gasteiger partial charge >= 0.3 is 0 Å². The quantitative estimate of drug-likeness (QED) is 0.715. The number of pyridine rings is 1. The lowest BCUT2D eigenvalue weighted by Crippen LogP contribution is -2.23. The zero-order valence-corrected chi connectivity index (χ0v) is 15.1. The summed E-state index contributed by atoms with van der Waals surface area (Å²) in [5, 5.41) is 3.94. The molecule has 1 saturated heterocycles. The summed E-state index contributed by atoms with van der Waals surface area (Å²) < 4.78 is 0. The van der Waals surface area contributed by atoms with Crippen molar-refractivity contribution in [1.29, 1.82) is 0 Å². The average molecular weight is 366 g/mol. The van der Waals surface area contributed by atoms with Crippen LogP contribution in [0.1, 0.15) is 30.1 Å². The largest absolute Gasteiger partial charge is 0.309 e. The molecule has 0 saturated carbocycles. The van der Waals surface area contributed by atoms with Crippen molar-refractivity contribution in [2.75, 3.05) is 11.9 Å². The Bertz CT molecular complexity index is 854.